The van der Waals surface area contributed by atoms with Crippen LogP contribution in [0.4, 0.5) is 17.6 Å². The Labute approximate surface area is 176 Å². The first-order valence-corrected chi connectivity index (χ1v) is 9.15. The monoisotopic (exact) mass is 475 g/mol. The van der Waals surface area contributed by atoms with Gasteiger partial charge in [-0.3, -0.25) is 9.78 Å². The largest absolute Gasteiger partial charge is 0.432 e. The molecule has 0 saturated carbocycles. The lowest BCUT2D eigenvalue weighted by atomic mass is 10.0. The molecular weight excluding hydrogens is 465 g/mol. The Morgan fingerprint density at radius 2 is 1.93 bits per heavy atom. The van der Waals surface area contributed by atoms with Crippen molar-refractivity contribution in [2.45, 2.75) is 25.6 Å². The summed E-state index contributed by atoms with van der Waals surface area (Å²) in [7, 11) is 1.05. The van der Waals surface area contributed by atoms with Gasteiger partial charge in [0.15, 0.2) is 5.75 Å². The van der Waals surface area contributed by atoms with Gasteiger partial charge in [-0.25, -0.2) is 9.18 Å². The summed E-state index contributed by atoms with van der Waals surface area (Å²) >= 11 is 18.1. The number of epoxide rings is 1. The molecule has 2 heterocycles. The summed E-state index contributed by atoms with van der Waals surface area (Å²) in [5, 5.41) is -1.46. The number of hydrogen-bond donors (Lipinski definition) is 0. The summed E-state index contributed by atoms with van der Waals surface area (Å²) in [5.41, 5.74) is -2.14. The number of alkyl halides is 3. The van der Waals surface area contributed by atoms with Crippen LogP contribution in [0.15, 0.2) is 6.07 Å². The zero-order chi connectivity index (χ0) is 21.7. The Balaban J connectivity index is 2.24. The van der Waals surface area contributed by atoms with Crippen LogP contribution in [0, 0.1) is 5.82 Å². The third-order valence-electron chi connectivity index (χ3n) is 4.14. The predicted molar refractivity (Wildman–Crippen MR) is 96.7 cm³/mol. The van der Waals surface area contributed by atoms with Gasteiger partial charge in [0.2, 0.25) is 0 Å². The number of halogens is 7. The molecule has 0 radical (unpaired) electrons. The third-order valence-corrected chi connectivity index (χ3v) is 5.37. The Bertz CT molecular complexity index is 987. The van der Waals surface area contributed by atoms with Crippen molar-refractivity contribution in [1.82, 2.24) is 4.57 Å². The Morgan fingerprint density at radius 1 is 1.31 bits per heavy atom. The van der Waals surface area contributed by atoms with Gasteiger partial charge in [-0.1, -0.05) is 34.8 Å². The lowest BCUT2D eigenvalue weighted by Crippen LogP contribution is -2.11. The van der Waals surface area contributed by atoms with Crippen molar-refractivity contribution in [3.8, 4) is 16.9 Å². The minimum absolute atomic E-state index is 0.0170. The molecule has 29 heavy (non-hydrogen) atoms. The van der Waals surface area contributed by atoms with E-state index in [1.807, 2.05) is 0 Å². The fourth-order valence-electron chi connectivity index (χ4n) is 2.77. The van der Waals surface area contributed by atoms with Gasteiger partial charge in [-0.15, -0.1) is 0 Å². The minimum Gasteiger partial charge on any atom is -0.373 e. The zero-order valence-electron chi connectivity index (χ0n) is 14.8. The fraction of sp³-hybridized carbons (Fsp3) is 0.353. The van der Waals surface area contributed by atoms with Crippen LogP contribution in [0.5, 0.6) is 5.75 Å². The number of rotatable bonds is 5. The molecule has 12 heteroatoms. The molecule has 0 spiro atoms. The molecule has 1 aromatic carbocycles. The van der Waals surface area contributed by atoms with Crippen LogP contribution >= 0.6 is 34.8 Å². The summed E-state index contributed by atoms with van der Waals surface area (Å²) < 4.78 is 61.0. The standard InChI is InChI=1S/C17H12Cl3F4NO4/c1-6(26)28-29-10-4-8(14(21)9(12(10)18)3-7-5-27-7)11-13(19)15(17(22,23)24)25(2)16(11)20/h4,7H,3,5H2,1-2H3. The molecule has 5 nitrogen and oxygen atoms in total. The van der Waals surface area contributed by atoms with E-state index in [9.17, 15) is 18.0 Å². The van der Waals surface area contributed by atoms with Crippen molar-refractivity contribution in [3.05, 3.63) is 38.3 Å². The van der Waals surface area contributed by atoms with Gasteiger partial charge in [0.1, 0.15) is 16.7 Å². The molecule has 0 amide bonds. The summed E-state index contributed by atoms with van der Waals surface area (Å²) in [6.07, 6.45) is -5.13. The molecule has 158 valence electrons. The number of carbonyl (C=O) groups excluding carboxylic acids is 1. The average Bonchev–Trinajstić information content (AvgIpc) is 3.38. The highest BCUT2D eigenvalue weighted by atomic mass is 35.5. The van der Waals surface area contributed by atoms with Gasteiger partial charge in [-0.05, 0) is 6.07 Å². The lowest BCUT2D eigenvalue weighted by molar-refractivity contribution is -0.210. The van der Waals surface area contributed by atoms with Crippen LogP contribution in [0.2, 0.25) is 15.2 Å². The second kappa shape index (κ2) is 7.86. The quantitative estimate of drug-likeness (QED) is 0.244. The molecule has 1 aromatic heterocycles. The van der Waals surface area contributed by atoms with Crippen LogP contribution in [0.25, 0.3) is 11.1 Å². The van der Waals surface area contributed by atoms with E-state index in [1.165, 1.54) is 0 Å². The second-order valence-electron chi connectivity index (χ2n) is 6.23. The van der Waals surface area contributed by atoms with E-state index in [0.717, 1.165) is 20.0 Å². The molecule has 2 aromatic rings. The second-order valence-corrected chi connectivity index (χ2v) is 7.35. The van der Waals surface area contributed by atoms with Gasteiger partial charge in [0, 0.05) is 37.1 Å². The first kappa shape index (κ1) is 22.0. The van der Waals surface area contributed by atoms with E-state index < -0.39 is 45.0 Å². The molecule has 0 N–H and O–H groups in total. The minimum atomic E-state index is -4.83. The van der Waals surface area contributed by atoms with Crippen LogP contribution < -0.4 is 4.89 Å². The van der Waals surface area contributed by atoms with Crippen molar-refractivity contribution >= 4 is 40.8 Å². The Kier molecular flexibility index (Phi) is 5.97. The maximum atomic E-state index is 15.3. The SMILES string of the molecule is CC(=O)OOc1cc(-c2c(Cl)c(C(F)(F)F)n(C)c2Cl)c(F)c(CC2CO2)c1Cl. The number of carbonyl (C=O) groups is 1. The fourth-order valence-corrected chi connectivity index (χ4v) is 3.77. The number of aromatic nitrogens is 1. The third kappa shape index (κ3) is 4.28. The van der Waals surface area contributed by atoms with Gasteiger partial charge in [0.25, 0.3) is 0 Å². The maximum absolute atomic E-state index is 15.3. The topological polar surface area (TPSA) is 53.0 Å². The molecule has 1 atom stereocenters. The molecule has 3 rings (SSSR count). The molecule has 0 aliphatic carbocycles. The van der Waals surface area contributed by atoms with E-state index in [0.29, 0.717) is 11.2 Å². The first-order chi connectivity index (χ1) is 13.4. The number of ether oxygens (including phenoxy) is 1. The molecule has 1 fully saturated rings. The van der Waals surface area contributed by atoms with Crippen LogP contribution in [-0.4, -0.2) is 23.2 Å². The maximum Gasteiger partial charge on any atom is 0.432 e. The van der Waals surface area contributed by atoms with E-state index in [2.05, 4.69) is 4.89 Å². The van der Waals surface area contributed by atoms with Crippen LogP contribution in [0.3, 0.4) is 0 Å². The first-order valence-electron chi connectivity index (χ1n) is 8.02. The Morgan fingerprint density at radius 3 is 2.41 bits per heavy atom. The number of hydrogen-bond acceptors (Lipinski definition) is 4. The van der Waals surface area contributed by atoms with E-state index in [4.69, 9.17) is 44.4 Å². The highest BCUT2D eigenvalue weighted by Gasteiger charge is 2.40. The van der Waals surface area contributed by atoms with Gasteiger partial charge >= 0.3 is 12.1 Å². The normalized spacial score (nSPS) is 16.1. The zero-order valence-corrected chi connectivity index (χ0v) is 17.1. The van der Waals surface area contributed by atoms with Crippen molar-refractivity contribution in [2.75, 3.05) is 6.61 Å². The van der Waals surface area contributed by atoms with E-state index >= 15 is 4.39 Å². The smallest absolute Gasteiger partial charge is 0.373 e. The summed E-state index contributed by atoms with van der Waals surface area (Å²) in [5.74, 6) is -2.06. The summed E-state index contributed by atoms with van der Waals surface area (Å²) in [6, 6.07) is 0.963. The summed E-state index contributed by atoms with van der Waals surface area (Å²) in [4.78, 5) is 20.3. The van der Waals surface area contributed by atoms with E-state index in [-0.39, 0.29) is 28.9 Å². The van der Waals surface area contributed by atoms with Crippen molar-refractivity contribution in [2.24, 2.45) is 7.05 Å². The average molecular weight is 477 g/mol. The molecule has 1 unspecified atom stereocenters. The Hall–Kier alpha value is -1.68. The lowest BCUT2D eigenvalue weighted by Gasteiger charge is -2.14. The molecule has 1 saturated heterocycles. The van der Waals surface area contributed by atoms with Crippen molar-refractivity contribution < 1.29 is 36.9 Å². The molecule has 1 aliphatic heterocycles. The molecular formula is C17H12Cl3F4NO4. The predicted octanol–water partition coefficient (Wildman–Crippen LogP) is 5.61. The van der Waals surface area contributed by atoms with E-state index in [1.54, 1.807) is 0 Å². The number of nitrogens with zero attached hydrogens (tertiary/aromatic N) is 1. The molecule has 1 aliphatic rings. The van der Waals surface area contributed by atoms with Crippen molar-refractivity contribution in [1.29, 1.82) is 0 Å². The van der Waals surface area contributed by atoms with Gasteiger partial charge < -0.3 is 9.30 Å². The van der Waals surface area contributed by atoms with Gasteiger partial charge in [-0.2, -0.15) is 13.2 Å². The molecule has 0 bridgehead atoms. The van der Waals surface area contributed by atoms with Gasteiger partial charge in [0.05, 0.1) is 22.8 Å². The highest BCUT2D eigenvalue weighted by Crippen LogP contribution is 2.48. The van der Waals surface area contributed by atoms with Crippen molar-refractivity contribution in [3.63, 3.8) is 0 Å². The number of benzene rings is 1. The van der Waals surface area contributed by atoms with Crippen LogP contribution in [0.1, 0.15) is 18.2 Å². The van der Waals surface area contributed by atoms with Crippen LogP contribution in [-0.2, 0) is 34.1 Å². The summed E-state index contributed by atoms with van der Waals surface area (Å²) in [6.45, 7) is 1.42. The highest BCUT2D eigenvalue weighted by molar-refractivity contribution is 6.40.